The van der Waals surface area contributed by atoms with Gasteiger partial charge in [0.25, 0.3) is 0 Å². The number of amides is 1. The van der Waals surface area contributed by atoms with E-state index in [2.05, 4.69) is 79.9 Å². The van der Waals surface area contributed by atoms with Crippen molar-refractivity contribution in [3.8, 4) is 0 Å². The summed E-state index contributed by atoms with van der Waals surface area (Å²) in [7, 11) is 0. The van der Waals surface area contributed by atoms with E-state index in [1.807, 2.05) is 0 Å². The first-order chi connectivity index (χ1) is 54.3. The smallest absolute Gasteiger partial charge is 0.220 e. The molecule has 0 aliphatic carbocycles. The molecular formula is C92H169NO18. The molecule has 3 fully saturated rings. The summed E-state index contributed by atoms with van der Waals surface area (Å²) in [5.41, 5.74) is 0. The maximum absolute atomic E-state index is 13.6. The van der Waals surface area contributed by atoms with E-state index in [-0.39, 0.29) is 18.9 Å². The lowest BCUT2D eigenvalue weighted by Crippen LogP contribution is -2.66. The van der Waals surface area contributed by atoms with Gasteiger partial charge in [0, 0.05) is 6.42 Å². The van der Waals surface area contributed by atoms with Crippen LogP contribution in [0.3, 0.4) is 0 Å². The van der Waals surface area contributed by atoms with Crippen molar-refractivity contribution in [2.24, 2.45) is 0 Å². The predicted molar refractivity (Wildman–Crippen MR) is 448 cm³/mol. The van der Waals surface area contributed by atoms with E-state index in [0.717, 1.165) is 77.0 Å². The Morgan fingerprint density at radius 3 is 0.973 bits per heavy atom. The molecule has 17 atom stereocenters. The number of carbonyl (C=O) groups excluding carboxylic acids is 1. The van der Waals surface area contributed by atoms with Crippen molar-refractivity contribution in [2.45, 2.75) is 491 Å². The summed E-state index contributed by atoms with van der Waals surface area (Å²) in [6, 6.07) is -0.890. The van der Waals surface area contributed by atoms with Gasteiger partial charge in [0.05, 0.1) is 38.6 Å². The van der Waals surface area contributed by atoms with Gasteiger partial charge in [-0.2, -0.15) is 0 Å². The van der Waals surface area contributed by atoms with Crippen LogP contribution in [0, 0.1) is 0 Å². The van der Waals surface area contributed by atoms with Crippen molar-refractivity contribution in [1.29, 1.82) is 0 Å². The maximum atomic E-state index is 13.6. The first kappa shape index (κ1) is 103. The van der Waals surface area contributed by atoms with E-state index in [1.165, 1.54) is 276 Å². The second-order valence-electron chi connectivity index (χ2n) is 32.7. The monoisotopic (exact) mass is 1580 g/mol. The van der Waals surface area contributed by atoms with Crippen LogP contribution in [0.15, 0.2) is 60.8 Å². The lowest BCUT2D eigenvalue weighted by Gasteiger charge is -2.48. The topological polar surface area (TPSA) is 307 Å². The van der Waals surface area contributed by atoms with E-state index < -0.39 is 124 Å². The lowest BCUT2D eigenvalue weighted by molar-refractivity contribution is -0.379. The van der Waals surface area contributed by atoms with E-state index >= 15 is 0 Å². The standard InChI is InChI=1S/C92H169NO18/c1-3-5-7-9-11-13-15-17-19-21-23-25-27-29-31-33-35-36-37-38-40-42-44-46-48-50-52-54-56-58-60-62-64-66-68-70-80(98)93-75(76(97)69-67-65-63-61-59-57-55-53-51-49-47-45-43-41-39-34-32-30-28-26-24-22-20-18-16-14-12-10-8-6-4-2)74-106-90-86(104)83(101)88(78(72-95)108-90)111-92-87(105)84(102)89(79(73-96)109-92)110-91-85(103)82(100)81(99)77(71-94)107-91/h5,7,11,13,17,19,23,25,29,31,75-79,81-92,94-97,99-105H,3-4,6,8-10,12,14-16,18,20-22,24,26-28,30,32-74H2,1-2H3,(H,93,98)/b7-5-,13-11-,19-17-,25-23-,31-29-. The van der Waals surface area contributed by atoms with Crippen molar-refractivity contribution in [3.05, 3.63) is 60.8 Å². The molecule has 0 aromatic heterocycles. The molecular weight excluding hydrogens is 1410 g/mol. The number of hydrogen-bond acceptors (Lipinski definition) is 18. The Morgan fingerprint density at radius 1 is 0.333 bits per heavy atom. The Bertz CT molecular complexity index is 2230. The van der Waals surface area contributed by atoms with Crippen LogP contribution in [0.5, 0.6) is 0 Å². The molecule has 19 heteroatoms. The number of aliphatic hydroxyl groups excluding tert-OH is 11. The average Bonchev–Trinajstić information content (AvgIpc) is 0.780. The Balaban J connectivity index is 1.31. The van der Waals surface area contributed by atoms with Gasteiger partial charge in [-0.05, 0) is 57.8 Å². The van der Waals surface area contributed by atoms with Crippen LogP contribution in [-0.2, 0) is 33.2 Å². The predicted octanol–water partition coefficient (Wildman–Crippen LogP) is 17.7. The number of ether oxygens (including phenoxy) is 6. The highest BCUT2D eigenvalue weighted by atomic mass is 16.8. The minimum absolute atomic E-state index is 0.236. The van der Waals surface area contributed by atoms with Gasteiger partial charge >= 0.3 is 0 Å². The second-order valence-corrected chi connectivity index (χ2v) is 32.7. The quantitative estimate of drug-likeness (QED) is 0.0199. The molecule has 0 aromatic carbocycles. The molecule has 0 aromatic rings. The fourth-order valence-electron chi connectivity index (χ4n) is 15.6. The SMILES string of the molecule is CC/C=C\C/C=C\C/C=C\C/C=C\C/C=C\CCCCCCCCCCCCCCCCCCCCCC(=O)NC(COC1OC(CO)C(OC2OC(CO)C(OC3OC(CO)C(O)C(O)C3O)C(O)C2O)C(O)C1O)C(O)CCCCCCCCCCCCCCCCCCCCCCCCCCCCCCCCC. The molecule has 1 amide bonds. The number of aliphatic hydroxyl groups is 11. The first-order valence-electron chi connectivity index (χ1n) is 46.0. The van der Waals surface area contributed by atoms with E-state index in [0.29, 0.717) is 12.8 Å². The molecule has 0 saturated carbocycles. The molecule has 0 radical (unpaired) electrons. The highest BCUT2D eigenvalue weighted by Gasteiger charge is 2.54. The van der Waals surface area contributed by atoms with Crippen LogP contribution in [0.1, 0.15) is 386 Å². The van der Waals surface area contributed by atoms with Crippen LogP contribution in [0.25, 0.3) is 0 Å². The molecule has 3 heterocycles. The van der Waals surface area contributed by atoms with Gasteiger partial charge in [0.2, 0.25) is 5.91 Å². The van der Waals surface area contributed by atoms with Crippen molar-refractivity contribution in [1.82, 2.24) is 5.32 Å². The Hall–Kier alpha value is -2.51. The van der Waals surface area contributed by atoms with E-state index in [9.17, 15) is 61.0 Å². The molecule has 3 aliphatic rings. The van der Waals surface area contributed by atoms with Gasteiger partial charge in [-0.3, -0.25) is 4.79 Å². The van der Waals surface area contributed by atoms with Crippen LogP contribution in [0.4, 0.5) is 0 Å². The molecule has 3 aliphatic heterocycles. The summed E-state index contributed by atoms with van der Waals surface area (Å²) < 4.78 is 34.6. The fourth-order valence-corrected chi connectivity index (χ4v) is 15.6. The number of carbonyl (C=O) groups is 1. The summed E-state index contributed by atoms with van der Waals surface area (Å²) >= 11 is 0. The fraction of sp³-hybridized carbons (Fsp3) is 0.880. The zero-order valence-electron chi connectivity index (χ0n) is 70.2. The van der Waals surface area contributed by atoms with Crippen molar-refractivity contribution >= 4 is 5.91 Å². The maximum Gasteiger partial charge on any atom is 0.220 e. The third kappa shape index (κ3) is 50.1. The van der Waals surface area contributed by atoms with Gasteiger partial charge in [0.1, 0.15) is 73.2 Å². The second kappa shape index (κ2) is 71.6. The summed E-state index contributed by atoms with van der Waals surface area (Å²) in [6.07, 6.45) is 67.6. The molecule has 19 nitrogen and oxygen atoms in total. The summed E-state index contributed by atoms with van der Waals surface area (Å²) in [6.45, 7) is 1.75. The highest BCUT2D eigenvalue weighted by molar-refractivity contribution is 5.76. The Labute approximate surface area is 675 Å². The zero-order valence-corrected chi connectivity index (χ0v) is 70.2. The highest BCUT2D eigenvalue weighted by Crippen LogP contribution is 2.34. The van der Waals surface area contributed by atoms with Gasteiger partial charge in [-0.25, -0.2) is 0 Å². The minimum atomic E-state index is -1.97. The van der Waals surface area contributed by atoms with Crippen LogP contribution < -0.4 is 5.32 Å². The van der Waals surface area contributed by atoms with Gasteiger partial charge in [-0.1, -0.05) is 383 Å². The molecule has 111 heavy (non-hydrogen) atoms. The Kier molecular flexibility index (Phi) is 66.2. The minimum Gasteiger partial charge on any atom is -0.394 e. The van der Waals surface area contributed by atoms with Gasteiger partial charge in [-0.15, -0.1) is 0 Å². The molecule has 0 bridgehead atoms. The van der Waals surface area contributed by atoms with E-state index in [4.69, 9.17) is 28.4 Å². The third-order valence-corrected chi connectivity index (χ3v) is 22.9. The van der Waals surface area contributed by atoms with Gasteiger partial charge in [0.15, 0.2) is 18.9 Å². The number of rotatable bonds is 75. The Morgan fingerprint density at radius 2 is 0.622 bits per heavy atom. The van der Waals surface area contributed by atoms with Crippen LogP contribution in [0.2, 0.25) is 0 Å². The molecule has 12 N–H and O–H groups in total. The van der Waals surface area contributed by atoms with Crippen molar-refractivity contribution in [3.63, 3.8) is 0 Å². The lowest BCUT2D eigenvalue weighted by atomic mass is 9.96. The number of allylic oxidation sites excluding steroid dienone is 10. The summed E-state index contributed by atoms with van der Waals surface area (Å²) in [5, 5.41) is 121. The molecule has 3 saturated heterocycles. The largest absolute Gasteiger partial charge is 0.394 e. The van der Waals surface area contributed by atoms with Crippen molar-refractivity contribution < 1.29 is 89.4 Å². The third-order valence-electron chi connectivity index (χ3n) is 22.9. The number of hydrogen-bond donors (Lipinski definition) is 12. The van der Waals surface area contributed by atoms with Crippen LogP contribution >= 0.6 is 0 Å². The molecule has 650 valence electrons. The molecule has 3 rings (SSSR count). The summed E-state index contributed by atoms with van der Waals surface area (Å²) in [4.78, 5) is 13.6. The number of unbranched alkanes of at least 4 members (excludes halogenated alkanes) is 49. The first-order valence-corrected chi connectivity index (χ1v) is 46.0. The number of nitrogens with one attached hydrogen (secondary N) is 1. The zero-order chi connectivity index (χ0) is 80.3. The normalized spacial score (nSPS) is 25.3. The molecule has 17 unspecified atom stereocenters. The van der Waals surface area contributed by atoms with Crippen LogP contribution in [-0.4, -0.2) is 193 Å². The van der Waals surface area contributed by atoms with E-state index in [1.54, 1.807) is 0 Å². The van der Waals surface area contributed by atoms with Crippen molar-refractivity contribution in [2.75, 3.05) is 26.4 Å². The van der Waals surface area contributed by atoms with Gasteiger partial charge < -0.3 is 89.9 Å². The average molecular weight is 1580 g/mol. The summed E-state index contributed by atoms with van der Waals surface area (Å²) in [5.74, 6) is -0.236. The molecule has 0 spiro atoms.